The van der Waals surface area contributed by atoms with Crippen molar-refractivity contribution in [2.24, 2.45) is 0 Å². The lowest BCUT2D eigenvalue weighted by Crippen LogP contribution is -2.22. The molecule has 4 heteroatoms. The normalized spacial score (nSPS) is 10.7. The van der Waals surface area contributed by atoms with Gasteiger partial charge in [-0.15, -0.1) is 11.3 Å². The minimum atomic E-state index is 0.790. The highest BCUT2D eigenvalue weighted by Gasteiger charge is 2.10. The molecule has 102 valence electrons. The van der Waals surface area contributed by atoms with E-state index in [0.29, 0.717) is 0 Å². The smallest absolute Gasteiger partial charge is 0.0471 e. The van der Waals surface area contributed by atoms with E-state index < -0.39 is 0 Å². The van der Waals surface area contributed by atoms with Crippen LogP contribution in [0.5, 0.6) is 0 Å². The van der Waals surface area contributed by atoms with Gasteiger partial charge in [0.05, 0.1) is 0 Å². The van der Waals surface area contributed by atoms with Crippen LogP contribution in [-0.2, 0) is 13.0 Å². The highest BCUT2D eigenvalue weighted by atomic mass is 35.5. The molecule has 0 spiro atoms. The zero-order chi connectivity index (χ0) is 13.7. The van der Waals surface area contributed by atoms with Crippen LogP contribution in [0.2, 0.25) is 5.02 Å². The predicted molar refractivity (Wildman–Crippen MR) is 85.5 cm³/mol. The molecule has 0 saturated carbocycles. The van der Waals surface area contributed by atoms with E-state index in [1.165, 1.54) is 16.1 Å². The van der Waals surface area contributed by atoms with Crippen LogP contribution in [0, 0.1) is 0 Å². The number of rotatable bonds is 6. The minimum Gasteiger partial charge on any atom is -0.374 e. The average molecular weight is 295 g/mol. The molecule has 0 aliphatic heterocycles. The van der Waals surface area contributed by atoms with Gasteiger partial charge in [-0.05, 0) is 37.0 Å². The molecule has 2 rings (SSSR count). The van der Waals surface area contributed by atoms with Crippen LogP contribution in [0.3, 0.4) is 0 Å². The van der Waals surface area contributed by atoms with Crippen molar-refractivity contribution in [2.45, 2.75) is 13.0 Å². The third-order valence-electron chi connectivity index (χ3n) is 3.13. The van der Waals surface area contributed by atoms with Crippen molar-refractivity contribution in [1.82, 2.24) is 5.32 Å². The first-order valence-corrected chi connectivity index (χ1v) is 7.63. The Balaban J connectivity index is 2.09. The van der Waals surface area contributed by atoms with Crippen LogP contribution >= 0.6 is 22.9 Å². The van der Waals surface area contributed by atoms with Crippen LogP contribution in [0.25, 0.3) is 0 Å². The summed E-state index contributed by atoms with van der Waals surface area (Å²) in [5.74, 6) is 0. The number of likely N-dealkylation sites (N-methyl/N-ethyl adjacent to an activating group) is 1. The molecule has 1 heterocycles. The number of anilines is 1. The molecule has 0 saturated heterocycles. The molecule has 0 atom stereocenters. The minimum absolute atomic E-state index is 0.790. The SMILES string of the molecule is CNCc1c(Cl)cccc1N(C)CCc1cccs1. The Morgan fingerprint density at radius 3 is 2.79 bits per heavy atom. The van der Waals surface area contributed by atoms with Crippen molar-refractivity contribution in [2.75, 3.05) is 25.5 Å². The zero-order valence-electron chi connectivity index (χ0n) is 11.3. The van der Waals surface area contributed by atoms with Gasteiger partial charge in [0, 0.05) is 41.3 Å². The Bertz CT molecular complexity index is 511. The third kappa shape index (κ3) is 3.72. The fourth-order valence-corrected chi connectivity index (χ4v) is 3.04. The molecule has 1 aromatic carbocycles. The summed E-state index contributed by atoms with van der Waals surface area (Å²) in [4.78, 5) is 3.70. The van der Waals surface area contributed by atoms with Gasteiger partial charge >= 0.3 is 0 Å². The average Bonchev–Trinajstić information content (AvgIpc) is 2.92. The summed E-state index contributed by atoms with van der Waals surface area (Å²) in [6.07, 6.45) is 1.07. The Kier molecular flexibility index (Phi) is 5.25. The molecular weight excluding hydrogens is 276 g/mol. The first-order chi connectivity index (χ1) is 9.22. The Morgan fingerprint density at radius 2 is 2.11 bits per heavy atom. The van der Waals surface area contributed by atoms with Crippen LogP contribution in [0.15, 0.2) is 35.7 Å². The summed E-state index contributed by atoms with van der Waals surface area (Å²) in [5, 5.41) is 6.14. The molecule has 0 bridgehead atoms. The van der Waals surface area contributed by atoms with Crippen molar-refractivity contribution < 1.29 is 0 Å². The number of hydrogen-bond donors (Lipinski definition) is 1. The molecule has 0 amide bonds. The van der Waals surface area contributed by atoms with Crippen LogP contribution < -0.4 is 10.2 Å². The maximum absolute atomic E-state index is 6.29. The van der Waals surface area contributed by atoms with Crippen LogP contribution in [0.1, 0.15) is 10.4 Å². The summed E-state index contributed by atoms with van der Waals surface area (Å²) in [7, 11) is 4.07. The van der Waals surface area contributed by atoms with Gasteiger partial charge in [0.1, 0.15) is 0 Å². The molecule has 1 aromatic heterocycles. The fraction of sp³-hybridized carbons (Fsp3) is 0.333. The Hall–Kier alpha value is -1.03. The number of thiophene rings is 1. The highest BCUT2D eigenvalue weighted by Crippen LogP contribution is 2.27. The van der Waals surface area contributed by atoms with E-state index in [2.05, 4.69) is 40.8 Å². The quantitative estimate of drug-likeness (QED) is 0.872. The van der Waals surface area contributed by atoms with E-state index in [0.717, 1.165) is 24.5 Å². The molecule has 0 radical (unpaired) electrons. The van der Waals surface area contributed by atoms with Crippen molar-refractivity contribution in [3.05, 3.63) is 51.2 Å². The lowest BCUT2D eigenvalue weighted by atomic mass is 10.1. The first-order valence-electron chi connectivity index (χ1n) is 6.38. The standard InChI is InChI=1S/C15H19ClN2S/c1-17-11-13-14(16)6-3-7-15(13)18(2)9-8-12-5-4-10-19-12/h3-7,10,17H,8-9,11H2,1-2H3. The van der Waals surface area contributed by atoms with Crippen molar-refractivity contribution >= 4 is 28.6 Å². The summed E-state index contributed by atoms with van der Waals surface area (Å²) in [5.41, 5.74) is 2.37. The van der Waals surface area contributed by atoms with E-state index in [1.54, 1.807) is 0 Å². The highest BCUT2D eigenvalue weighted by molar-refractivity contribution is 7.09. The molecule has 0 aliphatic rings. The Morgan fingerprint density at radius 1 is 1.26 bits per heavy atom. The summed E-state index contributed by atoms with van der Waals surface area (Å²) < 4.78 is 0. The van der Waals surface area contributed by atoms with E-state index >= 15 is 0 Å². The van der Waals surface area contributed by atoms with Crippen molar-refractivity contribution in [3.63, 3.8) is 0 Å². The zero-order valence-corrected chi connectivity index (χ0v) is 12.9. The summed E-state index contributed by atoms with van der Waals surface area (Å²) in [6, 6.07) is 10.4. The molecule has 19 heavy (non-hydrogen) atoms. The summed E-state index contributed by atoms with van der Waals surface area (Å²) >= 11 is 8.10. The third-order valence-corrected chi connectivity index (χ3v) is 4.42. The van der Waals surface area contributed by atoms with Crippen molar-refractivity contribution in [3.8, 4) is 0 Å². The van der Waals surface area contributed by atoms with Gasteiger partial charge in [0.2, 0.25) is 0 Å². The van der Waals surface area contributed by atoms with Gasteiger partial charge in [0.15, 0.2) is 0 Å². The molecule has 2 nitrogen and oxygen atoms in total. The number of nitrogens with one attached hydrogen (secondary N) is 1. The van der Waals surface area contributed by atoms with E-state index in [9.17, 15) is 0 Å². The molecule has 0 fully saturated rings. The van der Waals surface area contributed by atoms with Gasteiger partial charge in [-0.25, -0.2) is 0 Å². The summed E-state index contributed by atoms with van der Waals surface area (Å²) in [6.45, 7) is 1.79. The molecule has 2 aromatic rings. The van der Waals surface area contributed by atoms with Gasteiger partial charge in [-0.3, -0.25) is 0 Å². The number of halogens is 1. The molecular formula is C15H19ClN2S. The maximum atomic E-state index is 6.29. The number of nitrogens with zero attached hydrogens (tertiary/aromatic N) is 1. The molecule has 0 unspecified atom stereocenters. The van der Waals surface area contributed by atoms with E-state index in [1.807, 2.05) is 30.5 Å². The van der Waals surface area contributed by atoms with Gasteiger partial charge < -0.3 is 10.2 Å². The van der Waals surface area contributed by atoms with Crippen molar-refractivity contribution in [1.29, 1.82) is 0 Å². The van der Waals surface area contributed by atoms with Gasteiger partial charge in [-0.1, -0.05) is 23.7 Å². The lowest BCUT2D eigenvalue weighted by Gasteiger charge is -2.23. The molecule has 1 N–H and O–H groups in total. The lowest BCUT2D eigenvalue weighted by molar-refractivity contribution is 0.803. The largest absolute Gasteiger partial charge is 0.374 e. The maximum Gasteiger partial charge on any atom is 0.0471 e. The van der Waals surface area contributed by atoms with E-state index in [4.69, 9.17) is 11.6 Å². The number of benzene rings is 1. The molecule has 0 aliphatic carbocycles. The first kappa shape index (κ1) is 14.4. The second-order valence-corrected chi connectivity index (χ2v) is 5.96. The van der Waals surface area contributed by atoms with Gasteiger partial charge in [-0.2, -0.15) is 0 Å². The number of hydrogen-bond acceptors (Lipinski definition) is 3. The van der Waals surface area contributed by atoms with Gasteiger partial charge in [0.25, 0.3) is 0 Å². The second kappa shape index (κ2) is 6.94. The monoisotopic (exact) mass is 294 g/mol. The van der Waals surface area contributed by atoms with Crippen LogP contribution in [-0.4, -0.2) is 20.6 Å². The second-order valence-electron chi connectivity index (χ2n) is 4.52. The fourth-order valence-electron chi connectivity index (χ4n) is 2.11. The topological polar surface area (TPSA) is 15.3 Å². The predicted octanol–water partition coefficient (Wildman–Crippen LogP) is 3.80. The van der Waals surface area contributed by atoms with Crippen LogP contribution in [0.4, 0.5) is 5.69 Å². The van der Waals surface area contributed by atoms with E-state index in [-0.39, 0.29) is 0 Å². The Labute approximate surface area is 124 Å².